The molecule has 2 aromatic carbocycles. The molecule has 0 fully saturated rings. The van der Waals surface area contributed by atoms with Gasteiger partial charge in [0.05, 0.1) is 19.1 Å². The van der Waals surface area contributed by atoms with Crippen LogP contribution in [0, 0.1) is 5.82 Å². The largest absolute Gasteiger partial charge is 0.497 e. The Morgan fingerprint density at radius 1 is 1.15 bits per heavy atom. The topological polar surface area (TPSA) is 96.0 Å². The van der Waals surface area contributed by atoms with Crippen molar-refractivity contribution in [1.82, 2.24) is 10.2 Å². The molecule has 0 unspecified atom stereocenters. The van der Waals surface area contributed by atoms with Crippen LogP contribution in [0.3, 0.4) is 0 Å². The lowest BCUT2D eigenvalue weighted by Gasteiger charge is -2.31. The van der Waals surface area contributed by atoms with Gasteiger partial charge in [-0.1, -0.05) is 25.1 Å². The Bertz CT molecular complexity index is 1060. The Morgan fingerprint density at radius 2 is 1.82 bits per heavy atom. The molecular formula is C23H30FN3O5S. The number of anilines is 1. The van der Waals surface area contributed by atoms with E-state index >= 15 is 0 Å². The summed E-state index contributed by atoms with van der Waals surface area (Å²) in [4.78, 5) is 27.3. The van der Waals surface area contributed by atoms with Crippen molar-refractivity contribution in [3.63, 3.8) is 0 Å². The lowest BCUT2D eigenvalue weighted by atomic mass is 10.1. The highest BCUT2D eigenvalue weighted by atomic mass is 32.2. The zero-order valence-electron chi connectivity index (χ0n) is 19.2. The van der Waals surface area contributed by atoms with E-state index in [4.69, 9.17) is 4.74 Å². The number of hydrogen-bond donors (Lipinski definition) is 1. The van der Waals surface area contributed by atoms with E-state index in [-0.39, 0.29) is 18.1 Å². The van der Waals surface area contributed by atoms with Gasteiger partial charge in [0.15, 0.2) is 0 Å². The number of halogens is 1. The Hall–Kier alpha value is -3.14. The summed E-state index contributed by atoms with van der Waals surface area (Å²) < 4.78 is 44.5. The highest BCUT2D eigenvalue weighted by Gasteiger charge is 2.30. The maximum Gasteiger partial charge on any atom is 0.244 e. The number of nitrogens with zero attached hydrogens (tertiary/aromatic N) is 2. The molecule has 0 heterocycles. The van der Waals surface area contributed by atoms with Crippen molar-refractivity contribution < 1.29 is 27.1 Å². The van der Waals surface area contributed by atoms with Crippen molar-refractivity contribution in [2.45, 2.75) is 32.9 Å². The summed E-state index contributed by atoms with van der Waals surface area (Å²) in [5.41, 5.74) is 0.863. The van der Waals surface area contributed by atoms with Crippen LogP contribution >= 0.6 is 0 Å². The molecule has 2 rings (SSSR count). The van der Waals surface area contributed by atoms with Crippen LogP contribution in [0.5, 0.6) is 5.75 Å². The van der Waals surface area contributed by atoms with Gasteiger partial charge in [-0.25, -0.2) is 12.8 Å². The maximum absolute atomic E-state index is 13.4. The zero-order valence-corrected chi connectivity index (χ0v) is 20.1. The minimum atomic E-state index is -3.83. The summed E-state index contributed by atoms with van der Waals surface area (Å²) in [5.74, 6) is -0.929. The first-order chi connectivity index (χ1) is 15.6. The maximum atomic E-state index is 13.4. The van der Waals surface area contributed by atoms with Crippen LogP contribution in [-0.2, 0) is 26.2 Å². The standard InChI is InChI=1S/C23H30FN3O5S/c1-5-13-25-23(29)17(2)26(15-18-9-11-19(24)12-10-18)22(28)16-27(33(4,30)31)20-7-6-8-21(14-20)32-3/h6-12,14,17H,5,13,15-16H2,1-4H3,(H,25,29)/t17-/m1/s1. The van der Waals surface area contributed by atoms with Crippen molar-refractivity contribution in [2.75, 3.05) is 30.8 Å². The van der Waals surface area contributed by atoms with Crippen LogP contribution in [0.15, 0.2) is 48.5 Å². The monoisotopic (exact) mass is 479 g/mol. The quantitative estimate of drug-likeness (QED) is 0.534. The van der Waals surface area contributed by atoms with Crippen molar-refractivity contribution in [3.05, 3.63) is 59.9 Å². The summed E-state index contributed by atoms with van der Waals surface area (Å²) >= 11 is 0. The average Bonchev–Trinajstić information content (AvgIpc) is 2.79. The number of amides is 2. The van der Waals surface area contributed by atoms with Crippen LogP contribution in [0.4, 0.5) is 10.1 Å². The number of carbonyl (C=O) groups excluding carboxylic acids is 2. The van der Waals surface area contributed by atoms with Gasteiger partial charge in [0.25, 0.3) is 0 Å². The van der Waals surface area contributed by atoms with Crippen LogP contribution in [-0.4, -0.2) is 57.6 Å². The molecule has 10 heteroatoms. The van der Waals surface area contributed by atoms with Crippen molar-refractivity contribution in [3.8, 4) is 5.75 Å². The Morgan fingerprint density at radius 3 is 2.39 bits per heavy atom. The molecule has 2 amide bonds. The fourth-order valence-corrected chi connectivity index (χ4v) is 3.99. The van der Waals surface area contributed by atoms with E-state index in [1.165, 1.54) is 42.3 Å². The van der Waals surface area contributed by atoms with Crippen molar-refractivity contribution in [1.29, 1.82) is 0 Å². The van der Waals surface area contributed by atoms with Crippen molar-refractivity contribution in [2.24, 2.45) is 0 Å². The molecule has 0 aliphatic carbocycles. The average molecular weight is 480 g/mol. The van der Waals surface area contributed by atoms with Crippen LogP contribution in [0.25, 0.3) is 0 Å². The number of methoxy groups -OCH3 is 1. The van der Waals surface area contributed by atoms with Crippen LogP contribution in [0.2, 0.25) is 0 Å². The van der Waals surface area contributed by atoms with Crippen LogP contribution < -0.4 is 14.4 Å². The molecule has 1 N–H and O–H groups in total. The summed E-state index contributed by atoms with van der Waals surface area (Å²) in [6.45, 7) is 3.42. The SMILES string of the molecule is CCCNC(=O)[C@@H](C)N(Cc1ccc(F)cc1)C(=O)CN(c1cccc(OC)c1)S(C)(=O)=O. The molecule has 33 heavy (non-hydrogen) atoms. The molecule has 1 atom stereocenters. The predicted octanol–water partition coefficient (Wildman–Crippen LogP) is 2.54. The van der Waals surface area contributed by atoms with E-state index in [1.54, 1.807) is 25.1 Å². The van der Waals surface area contributed by atoms with E-state index in [2.05, 4.69) is 5.32 Å². The third kappa shape index (κ3) is 7.45. The molecule has 0 aromatic heterocycles. The van der Waals surface area contributed by atoms with Gasteiger partial charge in [-0.2, -0.15) is 0 Å². The second kappa shape index (κ2) is 11.6. The molecule has 180 valence electrons. The minimum absolute atomic E-state index is 0.00946. The molecule has 0 radical (unpaired) electrons. The molecule has 0 saturated carbocycles. The number of sulfonamides is 1. The summed E-state index contributed by atoms with van der Waals surface area (Å²) in [6, 6.07) is 11.0. The first-order valence-electron chi connectivity index (χ1n) is 10.5. The third-order valence-electron chi connectivity index (χ3n) is 5.00. The molecule has 0 bridgehead atoms. The Labute approximate surface area is 194 Å². The molecule has 2 aromatic rings. The number of hydrogen-bond acceptors (Lipinski definition) is 5. The van der Waals surface area contributed by atoms with Gasteiger partial charge in [-0.15, -0.1) is 0 Å². The lowest BCUT2D eigenvalue weighted by molar-refractivity contribution is -0.139. The highest BCUT2D eigenvalue weighted by Crippen LogP contribution is 2.23. The Kier molecular flexibility index (Phi) is 9.22. The predicted molar refractivity (Wildman–Crippen MR) is 125 cm³/mol. The van der Waals surface area contributed by atoms with E-state index in [0.717, 1.165) is 17.0 Å². The van der Waals surface area contributed by atoms with E-state index in [1.807, 2.05) is 6.92 Å². The summed E-state index contributed by atoms with van der Waals surface area (Å²) in [5, 5.41) is 2.75. The first kappa shape index (κ1) is 26.1. The van der Waals surface area contributed by atoms with Crippen molar-refractivity contribution >= 4 is 27.5 Å². The molecule has 0 aliphatic rings. The van der Waals surface area contributed by atoms with E-state index < -0.39 is 34.3 Å². The number of ether oxygens (including phenoxy) is 1. The number of benzene rings is 2. The van der Waals surface area contributed by atoms with Gasteiger partial charge >= 0.3 is 0 Å². The molecule has 8 nitrogen and oxygen atoms in total. The zero-order chi connectivity index (χ0) is 24.6. The van der Waals surface area contributed by atoms with E-state index in [9.17, 15) is 22.4 Å². The Balaban J connectivity index is 2.37. The first-order valence-corrected chi connectivity index (χ1v) is 12.3. The lowest BCUT2D eigenvalue weighted by Crippen LogP contribution is -2.51. The van der Waals surface area contributed by atoms with Gasteiger partial charge in [-0.05, 0) is 43.2 Å². The normalized spacial score (nSPS) is 12.0. The summed E-state index contributed by atoms with van der Waals surface area (Å²) in [6.07, 6.45) is 1.73. The highest BCUT2D eigenvalue weighted by molar-refractivity contribution is 7.92. The molecular weight excluding hydrogens is 449 g/mol. The fraction of sp³-hybridized carbons (Fsp3) is 0.391. The number of carbonyl (C=O) groups is 2. The third-order valence-corrected chi connectivity index (χ3v) is 6.14. The van der Waals surface area contributed by atoms with Crippen LogP contribution in [0.1, 0.15) is 25.8 Å². The second-order valence-corrected chi connectivity index (χ2v) is 9.49. The van der Waals surface area contributed by atoms with Gasteiger partial charge in [0.1, 0.15) is 24.2 Å². The number of nitrogens with one attached hydrogen (secondary N) is 1. The molecule has 0 spiro atoms. The molecule has 0 aliphatic heterocycles. The minimum Gasteiger partial charge on any atom is -0.497 e. The van der Waals surface area contributed by atoms with Gasteiger partial charge in [0, 0.05) is 19.2 Å². The fourth-order valence-electron chi connectivity index (χ4n) is 3.14. The van der Waals surface area contributed by atoms with Gasteiger partial charge in [-0.3, -0.25) is 13.9 Å². The van der Waals surface area contributed by atoms with Gasteiger partial charge < -0.3 is 15.0 Å². The smallest absolute Gasteiger partial charge is 0.244 e. The van der Waals surface area contributed by atoms with E-state index in [0.29, 0.717) is 17.9 Å². The second-order valence-electron chi connectivity index (χ2n) is 7.59. The number of rotatable bonds is 11. The molecule has 0 saturated heterocycles. The summed E-state index contributed by atoms with van der Waals surface area (Å²) in [7, 11) is -2.38. The van der Waals surface area contributed by atoms with Gasteiger partial charge in [0.2, 0.25) is 21.8 Å².